The van der Waals surface area contributed by atoms with Gasteiger partial charge in [-0.3, -0.25) is 4.79 Å². The van der Waals surface area contributed by atoms with Crippen molar-refractivity contribution in [1.82, 2.24) is 10.6 Å². The number of rotatable bonds is 5. The Bertz CT molecular complexity index is 254. The summed E-state index contributed by atoms with van der Waals surface area (Å²) in [6, 6.07) is 0.138. The molecular weight excluding hydrogens is 216 g/mol. The van der Waals surface area contributed by atoms with Gasteiger partial charge in [-0.05, 0) is 33.2 Å². The molecule has 2 atom stereocenters. The van der Waals surface area contributed by atoms with E-state index >= 15 is 0 Å². The van der Waals surface area contributed by atoms with E-state index in [-0.39, 0.29) is 24.5 Å². The predicted octanol–water partition coefficient (Wildman–Crippen LogP) is 1.04. The minimum atomic E-state index is -0.536. The van der Waals surface area contributed by atoms with E-state index in [0.717, 1.165) is 32.2 Å². The molecule has 1 amide bonds. The van der Waals surface area contributed by atoms with Gasteiger partial charge in [0.15, 0.2) is 0 Å². The van der Waals surface area contributed by atoms with Crippen molar-refractivity contribution in [2.45, 2.75) is 58.0 Å². The molecule has 0 radical (unpaired) electrons. The maximum Gasteiger partial charge on any atom is 0.239 e. The van der Waals surface area contributed by atoms with Gasteiger partial charge in [0.25, 0.3) is 0 Å². The number of amides is 1. The van der Waals surface area contributed by atoms with Crippen LogP contribution in [0.2, 0.25) is 0 Å². The monoisotopic (exact) mass is 242 g/mol. The molecule has 0 bridgehead atoms. The summed E-state index contributed by atoms with van der Waals surface area (Å²) in [4.78, 5) is 12.1. The van der Waals surface area contributed by atoms with Crippen LogP contribution in [-0.4, -0.2) is 35.7 Å². The second-order valence-electron chi connectivity index (χ2n) is 5.46. The van der Waals surface area contributed by atoms with Crippen LogP contribution in [-0.2, 0) is 4.79 Å². The first-order chi connectivity index (χ1) is 8.01. The summed E-state index contributed by atoms with van der Waals surface area (Å²) in [6.45, 7) is 6.72. The van der Waals surface area contributed by atoms with Crippen LogP contribution in [0.3, 0.4) is 0 Å². The molecule has 1 aliphatic rings. The van der Waals surface area contributed by atoms with Crippen molar-refractivity contribution in [2.24, 2.45) is 5.92 Å². The lowest BCUT2D eigenvalue weighted by atomic mass is 9.84. The van der Waals surface area contributed by atoms with Crippen LogP contribution < -0.4 is 10.6 Å². The van der Waals surface area contributed by atoms with Gasteiger partial charge in [-0.15, -0.1) is 0 Å². The predicted molar refractivity (Wildman–Crippen MR) is 68.7 cm³/mol. The van der Waals surface area contributed by atoms with E-state index in [4.69, 9.17) is 0 Å². The van der Waals surface area contributed by atoms with Crippen molar-refractivity contribution >= 4 is 5.91 Å². The molecule has 0 aliphatic heterocycles. The summed E-state index contributed by atoms with van der Waals surface area (Å²) in [5.41, 5.74) is -0.536. The Morgan fingerprint density at radius 3 is 2.59 bits per heavy atom. The summed E-state index contributed by atoms with van der Waals surface area (Å²) in [5.74, 6) is 0.259. The van der Waals surface area contributed by atoms with Crippen LogP contribution in [0.15, 0.2) is 0 Å². The topological polar surface area (TPSA) is 61.4 Å². The first-order valence-electron chi connectivity index (χ1n) is 6.68. The van der Waals surface area contributed by atoms with E-state index in [1.807, 2.05) is 20.8 Å². The van der Waals surface area contributed by atoms with Crippen LogP contribution >= 0.6 is 0 Å². The minimum Gasteiger partial charge on any atom is -0.396 e. The van der Waals surface area contributed by atoms with Crippen LogP contribution in [0.4, 0.5) is 0 Å². The van der Waals surface area contributed by atoms with E-state index < -0.39 is 5.54 Å². The first-order valence-corrected chi connectivity index (χ1v) is 6.68. The zero-order chi connectivity index (χ0) is 12.9. The summed E-state index contributed by atoms with van der Waals surface area (Å²) in [5, 5.41) is 15.6. The average Bonchev–Trinajstić information content (AvgIpc) is 2.29. The van der Waals surface area contributed by atoms with E-state index in [1.54, 1.807) is 0 Å². The lowest BCUT2D eigenvalue weighted by Gasteiger charge is -2.34. The second-order valence-corrected chi connectivity index (χ2v) is 5.46. The Morgan fingerprint density at radius 1 is 1.35 bits per heavy atom. The highest BCUT2D eigenvalue weighted by Gasteiger charge is 2.31. The Kier molecular flexibility index (Phi) is 5.40. The molecule has 1 fully saturated rings. The number of aliphatic hydroxyl groups is 1. The molecule has 0 saturated heterocycles. The van der Waals surface area contributed by atoms with Crippen molar-refractivity contribution in [3.05, 3.63) is 0 Å². The quantitative estimate of drug-likeness (QED) is 0.675. The molecule has 4 heteroatoms. The van der Waals surface area contributed by atoms with Crippen LogP contribution in [0, 0.1) is 5.92 Å². The summed E-state index contributed by atoms with van der Waals surface area (Å²) < 4.78 is 0. The van der Waals surface area contributed by atoms with Crippen molar-refractivity contribution in [1.29, 1.82) is 0 Å². The van der Waals surface area contributed by atoms with Crippen molar-refractivity contribution in [3.63, 3.8) is 0 Å². The molecule has 1 aliphatic carbocycles. The van der Waals surface area contributed by atoms with Gasteiger partial charge in [0.05, 0.1) is 5.54 Å². The number of nitrogens with one attached hydrogen (secondary N) is 2. The molecule has 1 rings (SSSR count). The van der Waals surface area contributed by atoms with Crippen LogP contribution in [0.5, 0.6) is 0 Å². The van der Waals surface area contributed by atoms with Crippen molar-refractivity contribution in [3.8, 4) is 0 Å². The van der Waals surface area contributed by atoms with E-state index in [0.29, 0.717) is 0 Å². The van der Waals surface area contributed by atoms with Gasteiger partial charge in [-0.2, -0.15) is 0 Å². The summed E-state index contributed by atoms with van der Waals surface area (Å²) in [7, 11) is 0. The molecule has 0 spiro atoms. The fraction of sp³-hybridized carbons (Fsp3) is 0.923. The first kappa shape index (κ1) is 14.5. The number of carbonyl (C=O) groups excluding carboxylic acids is 1. The van der Waals surface area contributed by atoms with Gasteiger partial charge in [0, 0.05) is 18.6 Å². The number of hydrogen-bond acceptors (Lipinski definition) is 3. The third-order valence-electron chi connectivity index (χ3n) is 3.65. The normalized spacial score (nSPS) is 25.6. The second kappa shape index (κ2) is 6.36. The Morgan fingerprint density at radius 2 is 2.00 bits per heavy atom. The highest BCUT2D eigenvalue weighted by atomic mass is 16.3. The van der Waals surface area contributed by atoms with Crippen LogP contribution in [0.1, 0.15) is 46.5 Å². The number of hydrogen-bond donors (Lipinski definition) is 3. The van der Waals surface area contributed by atoms with Gasteiger partial charge in [-0.25, -0.2) is 0 Å². The largest absolute Gasteiger partial charge is 0.396 e. The summed E-state index contributed by atoms with van der Waals surface area (Å²) >= 11 is 0. The standard InChI is InChI=1S/C13H26N2O2/c1-4-14-13(2,3)12(17)15-11-8-6-5-7-10(11)9-16/h10-11,14,16H,4-9H2,1-3H3,(H,15,17). The molecule has 3 N–H and O–H groups in total. The van der Waals surface area contributed by atoms with Gasteiger partial charge < -0.3 is 15.7 Å². The Labute approximate surface area is 104 Å². The highest BCUT2D eigenvalue weighted by Crippen LogP contribution is 2.24. The third kappa shape index (κ3) is 3.96. The molecule has 4 nitrogen and oxygen atoms in total. The van der Waals surface area contributed by atoms with Gasteiger partial charge in [-0.1, -0.05) is 19.8 Å². The Balaban J connectivity index is 2.54. The zero-order valence-electron chi connectivity index (χ0n) is 11.3. The van der Waals surface area contributed by atoms with Crippen LogP contribution in [0.25, 0.3) is 0 Å². The lowest BCUT2D eigenvalue weighted by Crippen LogP contribution is -2.56. The van der Waals surface area contributed by atoms with E-state index in [2.05, 4.69) is 10.6 Å². The molecule has 0 aromatic heterocycles. The van der Waals surface area contributed by atoms with Gasteiger partial charge in [0.2, 0.25) is 5.91 Å². The molecular formula is C13H26N2O2. The molecule has 100 valence electrons. The SMILES string of the molecule is CCNC(C)(C)C(=O)NC1CCCCC1CO. The van der Waals surface area contributed by atoms with Crippen molar-refractivity contribution in [2.75, 3.05) is 13.2 Å². The number of likely N-dealkylation sites (N-methyl/N-ethyl adjacent to an activating group) is 1. The molecule has 0 aromatic rings. The average molecular weight is 242 g/mol. The molecule has 0 heterocycles. The van der Waals surface area contributed by atoms with E-state index in [9.17, 15) is 9.90 Å². The fourth-order valence-corrected chi connectivity index (χ4v) is 2.49. The highest BCUT2D eigenvalue weighted by molar-refractivity contribution is 5.85. The molecule has 1 saturated carbocycles. The van der Waals surface area contributed by atoms with Crippen molar-refractivity contribution < 1.29 is 9.90 Å². The maximum absolute atomic E-state index is 12.1. The lowest BCUT2D eigenvalue weighted by molar-refractivity contribution is -0.127. The molecule has 2 unspecified atom stereocenters. The smallest absolute Gasteiger partial charge is 0.239 e. The minimum absolute atomic E-state index is 0.0321. The third-order valence-corrected chi connectivity index (χ3v) is 3.65. The summed E-state index contributed by atoms with van der Waals surface area (Å²) in [6.07, 6.45) is 4.31. The van der Waals surface area contributed by atoms with Gasteiger partial charge in [0.1, 0.15) is 0 Å². The molecule has 0 aromatic carbocycles. The maximum atomic E-state index is 12.1. The fourth-order valence-electron chi connectivity index (χ4n) is 2.49. The number of aliphatic hydroxyl groups excluding tert-OH is 1. The zero-order valence-corrected chi connectivity index (χ0v) is 11.3. The number of carbonyl (C=O) groups is 1. The van der Waals surface area contributed by atoms with Gasteiger partial charge >= 0.3 is 0 Å². The van der Waals surface area contributed by atoms with E-state index in [1.165, 1.54) is 0 Å². The molecule has 17 heavy (non-hydrogen) atoms. The Hall–Kier alpha value is -0.610.